The number of fused-ring (bicyclic) bond motifs is 2. The number of hydrogen-bond donors (Lipinski definition) is 1. The Hall–Kier alpha value is -1.66. The van der Waals surface area contributed by atoms with Crippen molar-refractivity contribution in [1.29, 1.82) is 0 Å². The molecule has 6 heteroatoms. The molecule has 0 radical (unpaired) electrons. The van der Waals surface area contributed by atoms with Crippen LogP contribution in [0.25, 0.3) is 0 Å². The van der Waals surface area contributed by atoms with E-state index in [-0.39, 0.29) is 24.6 Å². The van der Waals surface area contributed by atoms with Gasteiger partial charge in [-0.05, 0) is 25.8 Å². The summed E-state index contributed by atoms with van der Waals surface area (Å²) >= 11 is 0. The van der Waals surface area contributed by atoms with E-state index in [0.717, 1.165) is 18.4 Å². The van der Waals surface area contributed by atoms with Crippen molar-refractivity contribution in [2.75, 3.05) is 6.61 Å². The molecule has 2 heterocycles. The van der Waals surface area contributed by atoms with E-state index in [9.17, 15) is 14.7 Å². The van der Waals surface area contributed by atoms with Crippen LogP contribution >= 0.6 is 0 Å². The van der Waals surface area contributed by atoms with Gasteiger partial charge in [-0.1, -0.05) is 26.0 Å². The second kappa shape index (κ2) is 6.57. The van der Waals surface area contributed by atoms with Gasteiger partial charge in [-0.2, -0.15) is 0 Å². The highest BCUT2D eigenvalue weighted by Crippen LogP contribution is 2.48. The lowest BCUT2D eigenvalue weighted by Crippen LogP contribution is -2.39. The molecule has 2 aliphatic heterocycles. The molecular weight excluding hydrogens is 324 g/mol. The summed E-state index contributed by atoms with van der Waals surface area (Å²) in [5.41, 5.74) is 0.674. The average Bonchev–Trinajstić information content (AvgIpc) is 3.17. The smallest absolute Gasteiger partial charge is 0.334 e. The van der Waals surface area contributed by atoms with Crippen LogP contribution in [0.4, 0.5) is 0 Å². The molecule has 5 atom stereocenters. The van der Waals surface area contributed by atoms with E-state index < -0.39 is 29.7 Å². The third kappa shape index (κ3) is 3.37. The van der Waals surface area contributed by atoms with E-state index in [2.05, 4.69) is 6.58 Å². The number of ether oxygens (including phenoxy) is 3. The van der Waals surface area contributed by atoms with Gasteiger partial charge in [0.1, 0.15) is 17.8 Å². The molecule has 0 unspecified atom stereocenters. The number of rotatable bonds is 3. The van der Waals surface area contributed by atoms with Gasteiger partial charge in [0.25, 0.3) is 0 Å². The lowest BCUT2D eigenvalue weighted by molar-refractivity contribution is -0.157. The summed E-state index contributed by atoms with van der Waals surface area (Å²) in [6.07, 6.45) is 2.63. The van der Waals surface area contributed by atoms with E-state index in [1.54, 1.807) is 13.8 Å². The van der Waals surface area contributed by atoms with E-state index in [1.807, 2.05) is 13.0 Å². The standard InChI is InChI=1S/C19H26O6/c1-10(2)17(21)24-14-8-19(9-20)15(25-19)6-5-11(3)7-13-16(14)12(4)18(22)23-13/h7,10,13-16,20H,4-6,8-9H2,1-3H3/b11-7+/t13-,14-,15-,16+,19+/m1/s1. The Kier molecular flexibility index (Phi) is 4.77. The van der Waals surface area contributed by atoms with Crippen LogP contribution in [-0.4, -0.2) is 47.6 Å². The molecule has 1 N–H and O–H groups in total. The van der Waals surface area contributed by atoms with Crippen LogP contribution in [0.2, 0.25) is 0 Å². The Balaban J connectivity index is 1.96. The molecule has 1 aliphatic carbocycles. The molecule has 0 aromatic rings. The molecule has 6 nitrogen and oxygen atoms in total. The summed E-state index contributed by atoms with van der Waals surface area (Å²) in [6, 6.07) is 0. The Morgan fingerprint density at radius 1 is 1.52 bits per heavy atom. The molecule has 138 valence electrons. The second-order valence-electron chi connectivity index (χ2n) is 7.64. The monoisotopic (exact) mass is 350 g/mol. The Bertz CT molecular complexity index is 621. The van der Waals surface area contributed by atoms with Gasteiger partial charge in [0.15, 0.2) is 0 Å². The number of aliphatic hydroxyl groups excluding tert-OH is 1. The molecule has 2 fully saturated rings. The fourth-order valence-electron chi connectivity index (χ4n) is 3.73. The minimum Gasteiger partial charge on any atom is -0.461 e. The van der Waals surface area contributed by atoms with Gasteiger partial charge in [-0.3, -0.25) is 4.79 Å². The Labute approximate surface area is 147 Å². The molecule has 25 heavy (non-hydrogen) atoms. The topological polar surface area (TPSA) is 85.4 Å². The zero-order valence-corrected chi connectivity index (χ0v) is 15.0. The van der Waals surface area contributed by atoms with E-state index in [1.165, 1.54) is 0 Å². The highest BCUT2D eigenvalue weighted by atomic mass is 16.6. The third-order valence-electron chi connectivity index (χ3n) is 5.37. The molecule has 3 aliphatic rings. The first-order chi connectivity index (χ1) is 11.8. The highest BCUT2D eigenvalue weighted by Gasteiger charge is 2.59. The summed E-state index contributed by atoms with van der Waals surface area (Å²) in [4.78, 5) is 24.3. The van der Waals surface area contributed by atoms with Crippen molar-refractivity contribution < 1.29 is 28.9 Å². The lowest BCUT2D eigenvalue weighted by Gasteiger charge is -2.29. The Morgan fingerprint density at radius 2 is 2.24 bits per heavy atom. The van der Waals surface area contributed by atoms with Crippen molar-refractivity contribution in [3.05, 3.63) is 23.8 Å². The van der Waals surface area contributed by atoms with Crippen molar-refractivity contribution in [2.45, 2.75) is 63.9 Å². The number of carbonyl (C=O) groups is 2. The highest BCUT2D eigenvalue weighted by molar-refractivity contribution is 5.91. The van der Waals surface area contributed by atoms with Crippen LogP contribution in [0.15, 0.2) is 23.8 Å². The molecule has 0 saturated carbocycles. The quantitative estimate of drug-likeness (QED) is 0.362. The summed E-state index contributed by atoms with van der Waals surface area (Å²) in [5.74, 6) is -1.57. The molecular formula is C19H26O6. The van der Waals surface area contributed by atoms with Crippen molar-refractivity contribution >= 4 is 11.9 Å². The first-order valence-electron chi connectivity index (χ1n) is 8.83. The number of epoxide rings is 1. The number of aliphatic hydroxyl groups is 1. The van der Waals surface area contributed by atoms with Gasteiger partial charge in [-0.15, -0.1) is 0 Å². The fraction of sp³-hybridized carbons (Fsp3) is 0.684. The van der Waals surface area contributed by atoms with Gasteiger partial charge in [-0.25, -0.2) is 4.79 Å². The predicted molar refractivity (Wildman–Crippen MR) is 89.5 cm³/mol. The molecule has 0 aromatic heterocycles. The molecule has 0 spiro atoms. The molecule has 2 saturated heterocycles. The molecule has 3 rings (SSSR count). The number of carbonyl (C=O) groups excluding carboxylic acids is 2. The van der Waals surface area contributed by atoms with E-state index in [4.69, 9.17) is 14.2 Å². The van der Waals surface area contributed by atoms with Crippen LogP contribution in [0.1, 0.15) is 40.0 Å². The van der Waals surface area contributed by atoms with Crippen LogP contribution in [0.3, 0.4) is 0 Å². The summed E-state index contributed by atoms with van der Waals surface area (Å²) < 4.78 is 17.0. The second-order valence-corrected chi connectivity index (χ2v) is 7.64. The van der Waals surface area contributed by atoms with Gasteiger partial charge < -0.3 is 19.3 Å². The largest absolute Gasteiger partial charge is 0.461 e. The summed E-state index contributed by atoms with van der Waals surface area (Å²) in [6.45, 7) is 9.21. The Morgan fingerprint density at radius 3 is 2.88 bits per heavy atom. The van der Waals surface area contributed by atoms with E-state index >= 15 is 0 Å². The molecule has 0 amide bonds. The number of hydrogen-bond acceptors (Lipinski definition) is 6. The van der Waals surface area contributed by atoms with Crippen molar-refractivity contribution in [3.63, 3.8) is 0 Å². The van der Waals surface area contributed by atoms with Crippen LogP contribution < -0.4 is 0 Å². The van der Waals surface area contributed by atoms with Crippen LogP contribution in [-0.2, 0) is 23.8 Å². The van der Waals surface area contributed by atoms with Crippen molar-refractivity contribution in [2.24, 2.45) is 11.8 Å². The zero-order valence-electron chi connectivity index (χ0n) is 15.0. The maximum Gasteiger partial charge on any atom is 0.334 e. The first-order valence-corrected chi connectivity index (χ1v) is 8.83. The van der Waals surface area contributed by atoms with Crippen molar-refractivity contribution in [3.8, 4) is 0 Å². The van der Waals surface area contributed by atoms with Crippen LogP contribution in [0, 0.1) is 11.8 Å². The third-order valence-corrected chi connectivity index (χ3v) is 5.37. The number of esters is 2. The van der Waals surface area contributed by atoms with Gasteiger partial charge >= 0.3 is 11.9 Å². The molecule has 0 aromatic carbocycles. The maximum absolute atomic E-state index is 12.2. The minimum atomic E-state index is -0.712. The van der Waals surface area contributed by atoms with Gasteiger partial charge in [0, 0.05) is 12.0 Å². The predicted octanol–water partition coefficient (Wildman–Crippen LogP) is 1.91. The SMILES string of the molecule is C=C1C(=O)O[C@@H]2/C=C(\C)CC[C@H]3O[C@]3(CO)C[C@@H](OC(=O)C(C)C)[C@@H]12. The van der Waals surface area contributed by atoms with Crippen LogP contribution in [0.5, 0.6) is 0 Å². The molecule has 0 bridgehead atoms. The first kappa shape index (κ1) is 18.1. The fourth-order valence-corrected chi connectivity index (χ4v) is 3.73. The summed E-state index contributed by atoms with van der Waals surface area (Å²) in [7, 11) is 0. The minimum absolute atomic E-state index is 0.0658. The average molecular weight is 350 g/mol. The lowest BCUT2D eigenvalue weighted by atomic mass is 9.82. The van der Waals surface area contributed by atoms with Crippen molar-refractivity contribution in [1.82, 2.24) is 0 Å². The van der Waals surface area contributed by atoms with Gasteiger partial charge in [0.2, 0.25) is 0 Å². The number of allylic oxidation sites excluding steroid dienone is 1. The maximum atomic E-state index is 12.2. The zero-order chi connectivity index (χ0) is 18.4. The van der Waals surface area contributed by atoms with E-state index in [0.29, 0.717) is 12.0 Å². The normalized spacial score (nSPS) is 39.8. The summed E-state index contributed by atoms with van der Waals surface area (Å²) in [5, 5.41) is 9.86. The van der Waals surface area contributed by atoms with Gasteiger partial charge in [0.05, 0.1) is 24.5 Å².